The van der Waals surface area contributed by atoms with Gasteiger partial charge in [0.2, 0.25) is 0 Å². The van der Waals surface area contributed by atoms with Crippen molar-refractivity contribution in [3.8, 4) is 0 Å². The highest BCUT2D eigenvalue weighted by Gasteiger charge is 2.07. The minimum Gasteiger partial charge on any atom is -0.465 e. The normalized spacial score (nSPS) is 10.0. The number of aryl methyl sites for hydroxylation is 1. The van der Waals surface area contributed by atoms with Crippen molar-refractivity contribution in [1.29, 1.82) is 0 Å². The largest absolute Gasteiger partial charge is 0.465 e. The Balaban J connectivity index is 2.58. The van der Waals surface area contributed by atoms with Gasteiger partial charge in [0.1, 0.15) is 5.03 Å². The second-order valence-corrected chi connectivity index (χ2v) is 3.90. The Hall–Kier alpha value is -1.23. The molecule has 15 heavy (non-hydrogen) atoms. The number of nitrogens with zero attached hydrogens (tertiary/aromatic N) is 1. The highest BCUT2D eigenvalue weighted by atomic mass is 32.2. The van der Waals surface area contributed by atoms with Gasteiger partial charge in [-0.25, -0.2) is 4.98 Å². The Labute approximate surface area is 93.2 Å². The molecule has 0 saturated carbocycles. The molecule has 0 saturated heterocycles. The fraction of sp³-hybridized carbons (Fsp3) is 0.400. The lowest BCUT2D eigenvalue weighted by atomic mass is 10.3. The van der Waals surface area contributed by atoms with Crippen LogP contribution in [0.2, 0.25) is 0 Å². The third kappa shape index (κ3) is 3.43. The molecule has 1 aromatic rings. The molecular formula is C10H14N2O2S. The van der Waals surface area contributed by atoms with Gasteiger partial charge in [-0.2, -0.15) is 0 Å². The van der Waals surface area contributed by atoms with Gasteiger partial charge in [-0.1, -0.05) is 11.8 Å². The van der Waals surface area contributed by atoms with Gasteiger partial charge in [0.25, 0.3) is 0 Å². The van der Waals surface area contributed by atoms with E-state index in [1.807, 2.05) is 13.0 Å². The van der Waals surface area contributed by atoms with Crippen LogP contribution >= 0.6 is 11.8 Å². The highest BCUT2D eigenvalue weighted by Crippen LogP contribution is 2.24. The maximum absolute atomic E-state index is 11.1. The van der Waals surface area contributed by atoms with Crippen LogP contribution in [-0.2, 0) is 9.53 Å². The number of carbonyl (C=O) groups is 1. The van der Waals surface area contributed by atoms with Gasteiger partial charge in [0, 0.05) is 6.20 Å². The average molecular weight is 226 g/mol. The third-order valence-corrected chi connectivity index (χ3v) is 2.78. The molecule has 0 fully saturated rings. The predicted octanol–water partition coefficient (Wildman–Crippen LogP) is 1.63. The first kappa shape index (κ1) is 11.8. The summed E-state index contributed by atoms with van der Waals surface area (Å²) in [7, 11) is 0. The van der Waals surface area contributed by atoms with Crippen LogP contribution in [0, 0.1) is 6.92 Å². The number of thioether (sulfide) groups is 1. The number of hydrogen-bond donors (Lipinski definition) is 1. The molecular weight excluding hydrogens is 212 g/mol. The zero-order valence-electron chi connectivity index (χ0n) is 8.82. The fourth-order valence-electron chi connectivity index (χ4n) is 0.990. The molecule has 0 radical (unpaired) electrons. The summed E-state index contributed by atoms with van der Waals surface area (Å²) in [5.41, 5.74) is 7.41. The number of rotatable bonds is 4. The van der Waals surface area contributed by atoms with E-state index in [-0.39, 0.29) is 11.7 Å². The van der Waals surface area contributed by atoms with Crippen LogP contribution in [0.15, 0.2) is 17.3 Å². The smallest absolute Gasteiger partial charge is 0.316 e. The lowest BCUT2D eigenvalue weighted by molar-refractivity contribution is -0.139. The Morgan fingerprint density at radius 2 is 2.40 bits per heavy atom. The maximum Gasteiger partial charge on any atom is 0.316 e. The summed E-state index contributed by atoms with van der Waals surface area (Å²) in [6, 6.07) is 1.84. The van der Waals surface area contributed by atoms with Crippen LogP contribution in [0.4, 0.5) is 5.69 Å². The molecule has 1 heterocycles. The molecule has 0 aliphatic rings. The number of carbonyl (C=O) groups excluding carboxylic acids is 1. The Bertz CT molecular complexity index is 355. The van der Waals surface area contributed by atoms with Crippen molar-refractivity contribution in [1.82, 2.24) is 4.98 Å². The number of nitrogen functional groups attached to an aromatic ring is 1. The second kappa shape index (κ2) is 5.60. The molecule has 0 aliphatic carbocycles. The summed E-state index contributed by atoms with van der Waals surface area (Å²) in [6.07, 6.45) is 1.68. The first-order valence-electron chi connectivity index (χ1n) is 4.64. The van der Waals surface area contributed by atoms with Crippen molar-refractivity contribution < 1.29 is 9.53 Å². The number of hydrogen-bond acceptors (Lipinski definition) is 5. The van der Waals surface area contributed by atoms with Crippen LogP contribution in [0.1, 0.15) is 12.5 Å². The lowest BCUT2D eigenvalue weighted by Gasteiger charge is -2.06. The monoisotopic (exact) mass is 226 g/mol. The van der Waals surface area contributed by atoms with E-state index >= 15 is 0 Å². The van der Waals surface area contributed by atoms with E-state index in [1.165, 1.54) is 11.8 Å². The summed E-state index contributed by atoms with van der Waals surface area (Å²) in [4.78, 5) is 15.2. The molecule has 0 aliphatic heterocycles. The summed E-state index contributed by atoms with van der Waals surface area (Å²) in [6.45, 7) is 4.09. The molecule has 1 rings (SSSR count). The molecule has 0 unspecified atom stereocenters. The number of nitrogens with two attached hydrogens (primary N) is 1. The van der Waals surface area contributed by atoms with Crippen LogP contribution in [0.25, 0.3) is 0 Å². The van der Waals surface area contributed by atoms with Gasteiger partial charge in [0.15, 0.2) is 0 Å². The summed E-state index contributed by atoms with van der Waals surface area (Å²) < 4.78 is 4.81. The van der Waals surface area contributed by atoms with Gasteiger partial charge in [-0.05, 0) is 25.5 Å². The molecule has 82 valence electrons. The number of ether oxygens (including phenoxy) is 1. The molecule has 5 heteroatoms. The zero-order chi connectivity index (χ0) is 11.3. The van der Waals surface area contributed by atoms with Crippen molar-refractivity contribution in [2.45, 2.75) is 18.9 Å². The van der Waals surface area contributed by atoms with Gasteiger partial charge in [0.05, 0.1) is 18.0 Å². The predicted molar refractivity (Wildman–Crippen MR) is 60.7 cm³/mol. The molecule has 2 N–H and O–H groups in total. The number of pyridine rings is 1. The summed E-state index contributed by atoms with van der Waals surface area (Å²) in [5, 5.41) is 0.683. The van der Waals surface area contributed by atoms with Crippen molar-refractivity contribution in [2.75, 3.05) is 18.1 Å². The highest BCUT2D eigenvalue weighted by molar-refractivity contribution is 8.00. The van der Waals surface area contributed by atoms with E-state index in [0.717, 1.165) is 5.56 Å². The van der Waals surface area contributed by atoms with E-state index in [0.29, 0.717) is 17.3 Å². The number of anilines is 1. The fourth-order valence-corrected chi connectivity index (χ4v) is 1.78. The molecule has 0 spiro atoms. The van der Waals surface area contributed by atoms with Crippen molar-refractivity contribution in [3.63, 3.8) is 0 Å². The van der Waals surface area contributed by atoms with Gasteiger partial charge in [-0.3, -0.25) is 4.79 Å². The van der Waals surface area contributed by atoms with E-state index < -0.39 is 0 Å². The van der Waals surface area contributed by atoms with Crippen LogP contribution in [-0.4, -0.2) is 23.3 Å². The molecule has 0 amide bonds. The average Bonchev–Trinajstić information content (AvgIpc) is 2.21. The van der Waals surface area contributed by atoms with Crippen LogP contribution in [0.5, 0.6) is 0 Å². The van der Waals surface area contributed by atoms with Gasteiger partial charge >= 0.3 is 5.97 Å². The number of esters is 1. The minimum atomic E-state index is -0.245. The van der Waals surface area contributed by atoms with Crippen LogP contribution in [0.3, 0.4) is 0 Å². The SMILES string of the molecule is CCOC(=O)CSc1nccc(C)c1N. The Morgan fingerprint density at radius 1 is 1.67 bits per heavy atom. The Morgan fingerprint density at radius 3 is 3.07 bits per heavy atom. The lowest BCUT2D eigenvalue weighted by Crippen LogP contribution is -2.07. The first-order valence-corrected chi connectivity index (χ1v) is 5.63. The molecule has 4 nitrogen and oxygen atoms in total. The molecule has 0 aromatic carbocycles. The van der Waals surface area contributed by atoms with Crippen molar-refractivity contribution in [2.24, 2.45) is 0 Å². The Kier molecular flexibility index (Phi) is 4.42. The standard InChI is InChI=1S/C10H14N2O2S/c1-3-14-8(13)6-15-10-9(11)7(2)4-5-12-10/h4-5H,3,6,11H2,1-2H3. The van der Waals surface area contributed by atoms with E-state index in [2.05, 4.69) is 4.98 Å². The zero-order valence-corrected chi connectivity index (χ0v) is 9.63. The molecule has 1 aromatic heterocycles. The summed E-state index contributed by atoms with van der Waals surface area (Å²) in [5.74, 6) is -0.000642. The van der Waals surface area contributed by atoms with Gasteiger partial charge in [-0.15, -0.1) is 0 Å². The second-order valence-electron chi connectivity index (χ2n) is 2.94. The van der Waals surface area contributed by atoms with E-state index in [4.69, 9.17) is 10.5 Å². The van der Waals surface area contributed by atoms with Crippen molar-refractivity contribution >= 4 is 23.4 Å². The number of aromatic nitrogens is 1. The third-order valence-electron chi connectivity index (χ3n) is 1.80. The maximum atomic E-state index is 11.1. The van der Waals surface area contributed by atoms with Crippen molar-refractivity contribution in [3.05, 3.63) is 17.8 Å². The topological polar surface area (TPSA) is 65.2 Å². The van der Waals surface area contributed by atoms with Crippen LogP contribution < -0.4 is 5.73 Å². The minimum absolute atomic E-state index is 0.245. The quantitative estimate of drug-likeness (QED) is 0.624. The van der Waals surface area contributed by atoms with E-state index in [1.54, 1.807) is 13.1 Å². The summed E-state index contributed by atoms with van der Waals surface area (Å²) >= 11 is 1.30. The first-order chi connectivity index (χ1) is 7.15. The van der Waals surface area contributed by atoms with Gasteiger partial charge < -0.3 is 10.5 Å². The van der Waals surface area contributed by atoms with E-state index in [9.17, 15) is 4.79 Å². The molecule has 0 bridgehead atoms. The molecule has 0 atom stereocenters.